The summed E-state index contributed by atoms with van der Waals surface area (Å²) in [4.78, 5) is 24.4. The molecule has 1 atom stereocenters. The molecule has 1 aliphatic heterocycles. The lowest BCUT2D eigenvalue weighted by Gasteiger charge is -2.31. The Morgan fingerprint density at radius 1 is 1.50 bits per heavy atom. The van der Waals surface area contributed by atoms with Gasteiger partial charge in [0.2, 0.25) is 5.91 Å². The van der Waals surface area contributed by atoms with E-state index in [2.05, 4.69) is 0 Å². The molecule has 1 fully saturated rings. The fraction of sp³-hybridized carbons (Fsp3) is 0.467. The monoisotopic (exact) mass is 277 g/mol. The molecule has 2 heterocycles. The first-order valence-electron chi connectivity index (χ1n) is 6.87. The summed E-state index contributed by atoms with van der Waals surface area (Å²) in [7, 11) is 0. The van der Waals surface area contributed by atoms with Gasteiger partial charge in [0, 0.05) is 25.6 Å². The third kappa shape index (κ3) is 4.26. The van der Waals surface area contributed by atoms with Gasteiger partial charge < -0.3 is 14.4 Å². The average Bonchev–Trinajstić information content (AvgIpc) is 2.96. The van der Waals surface area contributed by atoms with Crippen LogP contribution in [0.4, 0.5) is 0 Å². The molecular formula is C15H19NO4. The van der Waals surface area contributed by atoms with Crippen molar-refractivity contribution in [1.29, 1.82) is 0 Å². The summed E-state index contributed by atoms with van der Waals surface area (Å²) in [5.41, 5.74) is 0. The Morgan fingerprint density at radius 3 is 3.05 bits per heavy atom. The summed E-state index contributed by atoms with van der Waals surface area (Å²) in [6.45, 7) is 1.39. The first-order valence-corrected chi connectivity index (χ1v) is 6.87. The molecule has 1 aromatic rings. The van der Waals surface area contributed by atoms with Crippen molar-refractivity contribution in [2.24, 2.45) is 5.92 Å². The lowest BCUT2D eigenvalue weighted by molar-refractivity contribution is -0.137. The normalized spacial score (nSPS) is 19.4. The van der Waals surface area contributed by atoms with Crippen LogP contribution in [0.1, 0.15) is 31.4 Å². The van der Waals surface area contributed by atoms with Gasteiger partial charge in [-0.1, -0.05) is 0 Å². The van der Waals surface area contributed by atoms with Crippen molar-refractivity contribution in [3.05, 3.63) is 30.2 Å². The van der Waals surface area contributed by atoms with E-state index >= 15 is 0 Å². The highest BCUT2D eigenvalue weighted by Gasteiger charge is 2.22. The number of amides is 1. The van der Waals surface area contributed by atoms with Crippen LogP contribution in [0.2, 0.25) is 0 Å². The summed E-state index contributed by atoms with van der Waals surface area (Å²) in [6.07, 6.45) is 7.48. The second-order valence-electron chi connectivity index (χ2n) is 5.07. The summed E-state index contributed by atoms with van der Waals surface area (Å²) < 4.78 is 5.13. The maximum Gasteiger partial charge on any atom is 0.303 e. The van der Waals surface area contributed by atoms with E-state index in [1.807, 2.05) is 0 Å². The number of nitrogens with zero attached hydrogens (tertiary/aromatic N) is 1. The van der Waals surface area contributed by atoms with E-state index in [1.165, 1.54) is 6.08 Å². The van der Waals surface area contributed by atoms with Gasteiger partial charge in [0.1, 0.15) is 5.76 Å². The SMILES string of the molecule is O=C(O)CCC1CCCN(C(=O)C=Cc2ccco2)C1. The first-order chi connectivity index (χ1) is 9.65. The van der Waals surface area contributed by atoms with Gasteiger partial charge in [-0.25, -0.2) is 0 Å². The van der Waals surface area contributed by atoms with Crippen LogP contribution < -0.4 is 0 Å². The number of carboxylic acids is 1. The molecule has 108 valence electrons. The standard InChI is InChI=1S/C15H19NO4/c17-14(7-6-13-4-2-10-20-13)16-9-1-3-12(11-16)5-8-15(18)19/h2,4,6-7,10,12H,1,3,5,8-9,11H2,(H,18,19). The van der Waals surface area contributed by atoms with Crippen LogP contribution in [0.5, 0.6) is 0 Å². The van der Waals surface area contributed by atoms with Crippen LogP contribution in [0, 0.1) is 5.92 Å². The Balaban J connectivity index is 1.85. The smallest absolute Gasteiger partial charge is 0.303 e. The molecule has 0 bridgehead atoms. The average molecular weight is 277 g/mol. The number of aliphatic carboxylic acids is 1. The highest BCUT2D eigenvalue weighted by molar-refractivity contribution is 5.91. The Labute approximate surface area is 117 Å². The van der Waals surface area contributed by atoms with Crippen molar-refractivity contribution in [2.75, 3.05) is 13.1 Å². The fourth-order valence-corrected chi connectivity index (χ4v) is 2.47. The van der Waals surface area contributed by atoms with Crippen LogP contribution in [0.15, 0.2) is 28.9 Å². The zero-order valence-electron chi connectivity index (χ0n) is 11.3. The molecule has 2 rings (SSSR count). The van der Waals surface area contributed by atoms with Crippen LogP contribution in [0.25, 0.3) is 6.08 Å². The quantitative estimate of drug-likeness (QED) is 0.839. The molecule has 1 N–H and O–H groups in total. The Morgan fingerprint density at radius 2 is 2.35 bits per heavy atom. The second kappa shape index (κ2) is 6.93. The van der Waals surface area contributed by atoms with Gasteiger partial charge in [-0.05, 0) is 43.4 Å². The van der Waals surface area contributed by atoms with Crippen molar-refractivity contribution >= 4 is 18.0 Å². The molecule has 0 radical (unpaired) electrons. The molecule has 1 saturated heterocycles. The number of carbonyl (C=O) groups is 2. The molecule has 0 saturated carbocycles. The zero-order chi connectivity index (χ0) is 14.4. The second-order valence-corrected chi connectivity index (χ2v) is 5.07. The minimum Gasteiger partial charge on any atom is -0.481 e. The minimum absolute atomic E-state index is 0.0403. The van der Waals surface area contributed by atoms with E-state index in [4.69, 9.17) is 9.52 Å². The Bertz CT molecular complexity index is 478. The molecule has 20 heavy (non-hydrogen) atoms. The molecule has 1 aliphatic rings. The molecular weight excluding hydrogens is 258 g/mol. The number of rotatable bonds is 5. The topological polar surface area (TPSA) is 70.8 Å². The van der Waals surface area contributed by atoms with Crippen LogP contribution in [-0.2, 0) is 9.59 Å². The van der Waals surface area contributed by atoms with Crippen molar-refractivity contribution < 1.29 is 19.1 Å². The molecule has 0 spiro atoms. The van der Waals surface area contributed by atoms with E-state index < -0.39 is 5.97 Å². The third-order valence-corrected chi connectivity index (χ3v) is 3.53. The number of piperidine rings is 1. The van der Waals surface area contributed by atoms with E-state index in [1.54, 1.807) is 29.4 Å². The predicted molar refractivity (Wildman–Crippen MR) is 73.9 cm³/mol. The minimum atomic E-state index is -0.772. The lowest BCUT2D eigenvalue weighted by atomic mass is 9.93. The summed E-state index contributed by atoms with van der Waals surface area (Å²) in [6, 6.07) is 3.56. The molecule has 1 unspecified atom stereocenters. The van der Waals surface area contributed by atoms with E-state index in [0.29, 0.717) is 24.6 Å². The number of carbonyl (C=O) groups excluding carboxylic acids is 1. The first kappa shape index (κ1) is 14.4. The van der Waals surface area contributed by atoms with Crippen molar-refractivity contribution in [3.63, 3.8) is 0 Å². The molecule has 5 heteroatoms. The Kier molecular flexibility index (Phi) is 4.98. The van der Waals surface area contributed by atoms with Gasteiger partial charge >= 0.3 is 5.97 Å². The molecule has 5 nitrogen and oxygen atoms in total. The number of carboxylic acid groups (broad SMARTS) is 1. The maximum atomic E-state index is 12.1. The van der Waals surface area contributed by atoms with Crippen molar-refractivity contribution in [2.45, 2.75) is 25.7 Å². The van der Waals surface area contributed by atoms with Gasteiger partial charge in [0.15, 0.2) is 0 Å². The highest BCUT2D eigenvalue weighted by atomic mass is 16.4. The van der Waals surface area contributed by atoms with E-state index in [9.17, 15) is 9.59 Å². The van der Waals surface area contributed by atoms with Crippen LogP contribution >= 0.6 is 0 Å². The largest absolute Gasteiger partial charge is 0.481 e. The van der Waals surface area contributed by atoms with E-state index in [-0.39, 0.29) is 12.3 Å². The van der Waals surface area contributed by atoms with Gasteiger partial charge in [-0.3, -0.25) is 9.59 Å². The van der Waals surface area contributed by atoms with Crippen molar-refractivity contribution in [3.8, 4) is 0 Å². The number of hydrogen-bond acceptors (Lipinski definition) is 3. The van der Waals surface area contributed by atoms with E-state index in [0.717, 1.165) is 19.4 Å². The fourth-order valence-electron chi connectivity index (χ4n) is 2.47. The molecule has 1 aromatic heterocycles. The third-order valence-electron chi connectivity index (χ3n) is 3.53. The van der Waals surface area contributed by atoms with Crippen LogP contribution in [0.3, 0.4) is 0 Å². The predicted octanol–water partition coefficient (Wildman–Crippen LogP) is 2.40. The number of furan rings is 1. The number of likely N-dealkylation sites (tertiary alicyclic amines) is 1. The van der Waals surface area contributed by atoms with Gasteiger partial charge in [-0.2, -0.15) is 0 Å². The lowest BCUT2D eigenvalue weighted by Crippen LogP contribution is -2.39. The molecule has 1 amide bonds. The van der Waals surface area contributed by atoms with Gasteiger partial charge in [-0.15, -0.1) is 0 Å². The van der Waals surface area contributed by atoms with Gasteiger partial charge in [0.25, 0.3) is 0 Å². The zero-order valence-corrected chi connectivity index (χ0v) is 11.3. The summed E-state index contributed by atoms with van der Waals surface area (Å²) in [5, 5.41) is 8.71. The summed E-state index contributed by atoms with van der Waals surface area (Å²) >= 11 is 0. The highest BCUT2D eigenvalue weighted by Crippen LogP contribution is 2.21. The molecule has 0 aromatic carbocycles. The Hall–Kier alpha value is -2.04. The van der Waals surface area contributed by atoms with Crippen LogP contribution in [-0.4, -0.2) is 35.0 Å². The molecule has 0 aliphatic carbocycles. The summed E-state index contributed by atoms with van der Waals surface area (Å²) in [5.74, 6) is 0.131. The number of hydrogen-bond donors (Lipinski definition) is 1. The maximum absolute atomic E-state index is 12.1. The van der Waals surface area contributed by atoms with Gasteiger partial charge in [0.05, 0.1) is 6.26 Å². The van der Waals surface area contributed by atoms with Crippen molar-refractivity contribution in [1.82, 2.24) is 4.90 Å².